The average molecular weight is 160 g/mol. The van der Waals surface area contributed by atoms with Crippen LogP contribution in [0.5, 0.6) is 0 Å². The fourth-order valence-electron chi connectivity index (χ4n) is 0.780. The number of methoxy groups -OCH3 is 1. The zero-order chi connectivity index (χ0) is 8.85. The second-order valence-corrected chi connectivity index (χ2v) is 2.64. The third-order valence-electron chi connectivity index (χ3n) is 1.42. The Morgan fingerprint density at radius 3 is 2.27 bits per heavy atom. The average Bonchev–Trinajstić information content (AvgIpc) is 1.98. The molecule has 0 saturated heterocycles. The Bertz CT molecular complexity index is 126. The minimum absolute atomic E-state index is 0.217. The van der Waals surface area contributed by atoms with Crippen LogP contribution in [0.3, 0.4) is 0 Å². The van der Waals surface area contributed by atoms with Crippen molar-refractivity contribution in [1.82, 2.24) is 10.9 Å². The van der Waals surface area contributed by atoms with Crippen molar-refractivity contribution in [2.24, 2.45) is 5.92 Å². The summed E-state index contributed by atoms with van der Waals surface area (Å²) in [6.45, 7) is 3.90. The Kier molecular flexibility index (Phi) is 4.81. The lowest BCUT2D eigenvalue weighted by atomic mass is 10.1. The highest BCUT2D eigenvalue weighted by Crippen LogP contribution is 2.01. The van der Waals surface area contributed by atoms with E-state index in [0.29, 0.717) is 0 Å². The van der Waals surface area contributed by atoms with Crippen LogP contribution < -0.4 is 10.9 Å². The lowest BCUT2D eigenvalue weighted by Crippen LogP contribution is -2.47. The Balaban J connectivity index is 3.98. The third-order valence-corrected chi connectivity index (χ3v) is 1.42. The van der Waals surface area contributed by atoms with Crippen LogP contribution in [0.2, 0.25) is 0 Å². The molecule has 0 aromatic rings. The molecule has 11 heavy (non-hydrogen) atoms. The largest absolute Gasteiger partial charge is 0.468 e. The van der Waals surface area contributed by atoms with E-state index in [-0.39, 0.29) is 17.9 Å². The maximum absolute atomic E-state index is 11.0. The van der Waals surface area contributed by atoms with E-state index in [1.54, 1.807) is 7.05 Å². The summed E-state index contributed by atoms with van der Waals surface area (Å²) in [6, 6.07) is -0.273. The molecule has 1 atom stereocenters. The number of rotatable bonds is 4. The summed E-state index contributed by atoms with van der Waals surface area (Å²) >= 11 is 0. The molecule has 0 aliphatic carbocycles. The molecule has 2 N–H and O–H groups in total. The van der Waals surface area contributed by atoms with Crippen LogP contribution >= 0.6 is 0 Å². The molecule has 0 fully saturated rings. The zero-order valence-electron chi connectivity index (χ0n) is 7.47. The van der Waals surface area contributed by atoms with Gasteiger partial charge in [0.15, 0.2) is 0 Å². The smallest absolute Gasteiger partial charge is 0.324 e. The molecule has 0 aromatic carbocycles. The van der Waals surface area contributed by atoms with Crippen LogP contribution in [0.25, 0.3) is 0 Å². The van der Waals surface area contributed by atoms with E-state index in [1.807, 2.05) is 13.8 Å². The van der Waals surface area contributed by atoms with Gasteiger partial charge in [0, 0.05) is 0 Å². The highest BCUT2D eigenvalue weighted by Gasteiger charge is 2.21. The van der Waals surface area contributed by atoms with Gasteiger partial charge in [-0.3, -0.25) is 10.2 Å². The van der Waals surface area contributed by atoms with E-state index < -0.39 is 0 Å². The Labute approximate surface area is 67.3 Å². The fourth-order valence-corrected chi connectivity index (χ4v) is 0.780. The molecular weight excluding hydrogens is 144 g/mol. The van der Waals surface area contributed by atoms with Crippen molar-refractivity contribution in [3.8, 4) is 0 Å². The molecule has 4 nitrogen and oxygen atoms in total. The summed E-state index contributed by atoms with van der Waals surface area (Å²) < 4.78 is 4.58. The number of hydrazine groups is 1. The Hall–Kier alpha value is -0.610. The predicted octanol–water partition coefficient (Wildman–Crippen LogP) is -0.0920. The number of hydrogen-bond donors (Lipinski definition) is 2. The standard InChI is InChI=1S/C7H16N2O2/c1-5(2)6(9-8-3)7(10)11-4/h5-6,8-9H,1-4H3/t6-/m0/s1. The normalized spacial score (nSPS) is 13.2. The van der Waals surface area contributed by atoms with Crippen molar-refractivity contribution in [3.05, 3.63) is 0 Å². The van der Waals surface area contributed by atoms with E-state index in [0.717, 1.165) is 0 Å². The van der Waals surface area contributed by atoms with E-state index in [2.05, 4.69) is 15.6 Å². The maximum Gasteiger partial charge on any atom is 0.324 e. The monoisotopic (exact) mass is 160 g/mol. The minimum Gasteiger partial charge on any atom is -0.468 e. The third kappa shape index (κ3) is 3.34. The van der Waals surface area contributed by atoms with Crippen molar-refractivity contribution in [1.29, 1.82) is 0 Å². The topological polar surface area (TPSA) is 50.4 Å². The van der Waals surface area contributed by atoms with Crippen LogP contribution in [0.1, 0.15) is 13.8 Å². The van der Waals surface area contributed by atoms with E-state index >= 15 is 0 Å². The van der Waals surface area contributed by atoms with Crippen molar-refractivity contribution in [2.75, 3.05) is 14.2 Å². The molecule has 0 aliphatic heterocycles. The lowest BCUT2D eigenvalue weighted by molar-refractivity contribution is -0.144. The van der Waals surface area contributed by atoms with Crippen molar-refractivity contribution in [2.45, 2.75) is 19.9 Å². The fraction of sp³-hybridized carbons (Fsp3) is 0.857. The molecule has 0 amide bonds. The summed E-state index contributed by atoms with van der Waals surface area (Å²) in [5, 5.41) is 0. The van der Waals surface area contributed by atoms with Crippen LogP contribution in [-0.4, -0.2) is 26.2 Å². The zero-order valence-corrected chi connectivity index (χ0v) is 7.47. The maximum atomic E-state index is 11.0. The highest BCUT2D eigenvalue weighted by molar-refractivity contribution is 5.75. The SMILES string of the molecule is CNN[C@H](C(=O)OC)C(C)C. The van der Waals surface area contributed by atoms with Gasteiger partial charge in [0.2, 0.25) is 0 Å². The van der Waals surface area contributed by atoms with Gasteiger partial charge in [-0.05, 0) is 13.0 Å². The molecule has 0 rings (SSSR count). The molecule has 0 saturated carbocycles. The van der Waals surface area contributed by atoms with Gasteiger partial charge in [0.05, 0.1) is 7.11 Å². The second-order valence-electron chi connectivity index (χ2n) is 2.64. The summed E-state index contributed by atoms with van der Waals surface area (Å²) in [5.41, 5.74) is 5.52. The number of esters is 1. The van der Waals surface area contributed by atoms with Crippen molar-refractivity contribution >= 4 is 5.97 Å². The van der Waals surface area contributed by atoms with Crippen LogP contribution in [0.15, 0.2) is 0 Å². The van der Waals surface area contributed by atoms with Gasteiger partial charge in [0.25, 0.3) is 0 Å². The summed E-state index contributed by atoms with van der Waals surface area (Å²) in [5.74, 6) is -0.0238. The quantitative estimate of drug-likeness (QED) is 0.445. The molecule has 0 spiro atoms. The number of ether oxygens (including phenoxy) is 1. The number of hydrogen-bond acceptors (Lipinski definition) is 4. The first kappa shape index (κ1) is 10.4. The van der Waals surface area contributed by atoms with Gasteiger partial charge in [-0.15, -0.1) is 0 Å². The van der Waals surface area contributed by atoms with Crippen LogP contribution in [0, 0.1) is 5.92 Å². The molecular formula is C7H16N2O2. The van der Waals surface area contributed by atoms with E-state index in [9.17, 15) is 4.79 Å². The molecule has 0 unspecified atom stereocenters. The first-order valence-electron chi connectivity index (χ1n) is 3.63. The number of carbonyl (C=O) groups excluding carboxylic acids is 1. The van der Waals surface area contributed by atoms with Crippen LogP contribution in [-0.2, 0) is 9.53 Å². The summed E-state index contributed by atoms with van der Waals surface area (Å²) in [7, 11) is 3.10. The predicted molar refractivity (Wildman–Crippen MR) is 42.8 cm³/mol. The van der Waals surface area contributed by atoms with Crippen LogP contribution in [0.4, 0.5) is 0 Å². The lowest BCUT2D eigenvalue weighted by Gasteiger charge is -2.18. The number of nitrogens with one attached hydrogen (secondary N) is 2. The van der Waals surface area contributed by atoms with Gasteiger partial charge in [-0.25, -0.2) is 5.43 Å². The molecule has 4 heteroatoms. The Morgan fingerprint density at radius 2 is 2.00 bits per heavy atom. The highest BCUT2D eigenvalue weighted by atomic mass is 16.5. The Morgan fingerprint density at radius 1 is 1.45 bits per heavy atom. The minimum atomic E-state index is -0.273. The van der Waals surface area contributed by atoms with Gasteiger partial charge in [0.1, 0.15) is 6.04 Å². The molecule has 0 aromatic heterocycles. The first-order valence-corrected chi connectivity index (χ1v) is 3.63. The van der Waals surface area contributed by atoms with Gasteiger partial charge in [-0.1, -0.05) is 13.8 Å². The number of carbonyl (C=O) groups is 1. The molecule has 0 radical (unpaired) electrons. The van der Waals surface area contributed by atoms with Crippen molar-refractivity contribution in [3.63, 3.8) is 0 Å². The van der Waals surface area contributed by atoms with Gasteiger partial charge >= 0.3 is 5.97 Å². The van der Waals surface area contributed by atoms with E-state index in [1.165, 1.54) is 7.11 Å². The van der Waals surface area contributed by atoms with Gasteiger partial charge < -0.3 is 4.74 Å². The summed E-state index contributed by atoms with van der Waals surface area (Å²) in [4.78, 5) is 11.0. The molecule has 0 bridgehead atoms. The molecule has 66 valence electrons. The van der Waals surface area contributed by atoms with Crippen molar-refractivity contribution < 1.29 is 9.53 Å². The molecule has 0 aliphatic rings. The molecule has 0 heterocycles. The van der Waals surface area contributed by atoms with E-state index in [4.69, 9.17) is 0 Å². The first-order chi connectivity index (χ1) is 5.13. The second kappa shape index (κ2) is 5.09. The van der Waals surface area contributed by atoms with Gasteiger partial charge in [-0.2, -0.15) is 0 Å². The summed E-state index contributed by atoms with van der Waals surface area (Å²) in [6.07, 6.45) is 0.